The maximum Gasteiger partial charge on any atom is 0.309 e. The molecule has 7 nitrogen and oxygen atoms in total. The van der Waals surface area contributed by atoms with Gasteiger partial charge < -0.3 is 19.5 Å². The molecule has 3 atom stereocenters. The number of aliphatic carboxylic acids is 1. The molecule has 1 saturated heterocycles. The number of unbranched alkanes of at least 4 members (excludes halogenated alkanes) is 2. The number of nitrogens with zero attached hydrogens (tertiary/aromatic N) is 2. The summed E-state index contributed by atoms with van der Waals surface area (Å²) in [6.07, 6.45) is 3.99. The van der Waals surface area contributed by atoms with E-state index >= 15 is 0 Å². The van der Waals surface area contributed by atoms with Gasteiger partial charge in [-0.3, -0.25) is 14.5 Å². The Morgan fingerprint density at radius 2 is 1.66 bits per heavy atom. The summed E-state index contributed by atoms with van der Waals surface area (Å²) in [6, 6.07) is 15.0. The van der Waals surface area contributed by atoms with Gasteiger partial charge in [0.25, 0.3) is 0 Å². The van der Waals surface area contributed by atoms with Crippen molar-refractivity contribution in [1.82, 2.24) is 9.80 Å². The number of carboxylic acids is 1. The number of fused-ring (bicyclic) bond motifs is 1. The molecule has 2 heterocycles. The number of rotatable bonds is 11. The summed E-state index contributed by atoms with van der Waals surface area (Å²) in [6.45, 7) is 6.60. The Morgan fingerprint density at radius 3 is 2.31 bits per heavy atom. The molecule has 7 heteroatoms. The van der Waals surface area contributed by atoms with Gasteiger partial charge in [-0.15, -0.1) is 0 Å². The minimum absolute atomic E-state index is 0.0725. The van der Waals surface area contributed by atoms with E-state index in [0.717, 1.165) is 49.9 Å². The average Bonchev–Trinajstić information content (AvgIpc) is 3.49. The molecule has 0 saturated carbocycles. The highest BCUT2D eigenvalue weighted by Gasteiger charge is 2.48. The van der Waals surface area contributed by atoms with Gasteiger partial charge in [-0.1, -0.05) is 63.1 Å². The molecule has 1 fully saturated rings. The van der Waals surface area contributed by atoms with Gasteiger partial charge >= 0.3 is 5.97 Å². The Balaban J connectivity index is 1.65. The average molecular weight is 481 g/mol. The largest absolute Gasteiger partial charge is 0.481 e. The molecule has 2 aliphatic heterocycles. The molecule has 0 spiro atoms. The van der Waals surface area contributed by atoms with Crippen LogP contribution in [0.4, 0.5) is 0 Å². The zero-order valence-electron chi connectivity index (χ0n) is 20.7. The number of ether oxygens (including phenoxy) is 2. The van der Waals surface area contributed by atoms with E-state index in [-0.39, 0.29) is 25.2 Å². The molecule has 2 aliphatic rings. The van der Waals surface area contributed by atoms with Crippen molar-refractivity contribution < 1.29 is 24.2 Å². The summed E-state index contributed by atoms with van der Waals surface area (Å²) in [5, 5.41) is 10.4. The fourth-order valence-corrected chi connectivity index (χ4v) is 5.25. The lowest BCUT2D eigenvalue weighted by Crippen LogP contribution is -2.42. The Hall–Kier alpha value is -3.06. The third-order valence-corrected chi connectivity index (χ3v) is 7.10. The smallest absolute Gasteiger partial charge is 0.309 e. The number of hydrogen-bond donors (Lipinski definition) is 1. The molecule has 188 valence electrons. The van der Waals surface area contributed by atoms with Gasteiger partial charge in [0, 0.05) is 31.6 Å². The lowest BCUT2D eigenvalue weighted by Gasteiger charge is -2.30. The molecule has 0 aromatic heterocycles. The van der Waals surface area contributed by atoms with Gasteiger partial charge in [0.15, 0.2) is 11.5 Å². The monoisotopic (exact) mass is 480 g/mol. The van der Waals surface area contributed by atoms with Crippen LogP contribution in [0.25, 0.3) is 0 Å². The summed E-state index contributed by atoms with van der Waals surface area (Å²) in [5.41, 5.74) is 1.82. The zero-order chi connectivity index (χ0) is 24.8. The van der Waals surface area contributed by atoms with E-state index in [1.807, 2.05) is 53.4 Å². The van der Waals surface area contributed by atoms with E-state index in [0.29, 0.717) is 18.0 Å². The lowest BCUT2D eigenvalue weighted by molar-refractivity contribution is -0.144. The molecule has 1 N–H and O–H groups in total. The molecule has 2 aromatic carbocycles. The van der Waals surface area contributed by atoms with E-state index in [4.69, 9.17) is 9.47 Å². The lowest BCUT2D eigenvalue weighted by atomic mass is 9.83. The predicted molar refractivity (Wildman–Crippen MR) is 134 cm³/mol. The van der Waals surface area contributed by atoms with Gasteiger partial charge in [0.1, 0.15) is 0 Å². The van der Waals surface area contributed by atoms with E-state index in [2.05, 4.69) is 18.7 Å². The summed E-state index contributed by atoms with van der Waals surface area (Å²) in [5.74, 6) is -0.436. The van der Waals surface area contributed by atoms with Crippen molar-refractivity contribution in [2.24, 2.45) is 5.92 Å². The molecule has 0 bridgehead atoms. The minimum atomic E-state index is -0.856. The number of likely N-dealkylation sites (tertiary alicyclic amines) is 1. The van der Waals surface area contributed by atoms with Gasteiger partial charge in [-0.05, 0) is 36.1 Å². The Bertz CT molecular complexity index is 1000. The highest BCUT2D eigenvalue weighted by atomic mass is 16.7. The third-order valence-electron chi connectivity index (χ3n) is 7.10. The quantitative estimate of drug-likeness (QED) is 0.503. The van der Waals surface area contributed by atoms with Crippen LogP contribution in [0.3, 0.4) is 0 Å². The van der Waals surface area contributed by atoms with Crippen molar-refractivity contribution in [2.75, 3.05) is 33.0 Å². The highest BCUT2D eigenvalue weighted by molar-refractivity contribution is 5.79. The first-order valence-electron chi connectivity index (χ1n) is 12.7. The third kappa shape index (κ3) is 5.61. The van der Waals surface area contributed by atoms with Crippen molar-refractivity contribution in [3.63, 3.8) is 0 Å². The summed E-state index contributed by atoms with van der Waals surface area (Å²) >= 11 is 0. The summed E-state index contributed by atoms with van der Waals surface area (Å²) in [7, 11) is 0. The second-order valence-electron chi connectivity index (χ2n) is 9.46. The second-order valence-corrected chi connectivity index (χ2v) is 9.46. The number of amides is 1. The molecular formula is C28H36N2O5. The number of benzene rings is 2. The number of carboxylic acid groups (broad SMARTS) is 1. The van der Waals surface area contributed by atoms with Crippen LogP contribution >= 0.6 is 0 Å². The van der Waals surface area contributed by atoms with Gasteiger partial charge in [-0.25, -0.2) is 0 Å². The fraction of sp³-hybridized carbons (Fsp3) is 0.500. The molecule has 0 unspecified atom stereocenters. The SMILES string of the molecule is CCCCN(CCCC)C(=O)CN1C[C@H](c2ccc3c(c2)OCO3)[C@H](C(=O)O)[C@H]1c1ccccc1. The summed E-state index contributed by atoms with van der Waals surface area (Å²) in [4.78, 5) is 30.2. The van der Waals surface area contributed by atoms with Crippen LogP contribution in [0.5, 0.6) is 11.5 Å². The minimum Gasteiger partial charge on any atom is -0.481 e. The van der Waals surface area contributed by atoms with Gasteiger partial charge in [0.05, 0.1) is 12.5 Å². The van der Waals surface area contributed by atoms with Crippen molar-refractivity contribution in [3.05, 3.63) is 59.7 Å². The van der Waals surface area contributed by atoms with Crippen molar-refractivity contribution in [1.29, 1.82) is 0 Å². The van der Waals surface area contributed by atoms with Crippen LogP contribution in [0.2, 0.25) is 0 Å². The molecule has 35 heavy (non-hydrogen) atoms. The Labute approximate surface area is 207 Å². The van der Waals surface area contributed by atoms with Crippen LogP contribution in [-0.4, -0.2) is 59.8 Å². The van der Waals surface area contributed by atoms with E-state index in [1.54, 1.807) is 0 Å². The predicted octanol–water partition coefficient (Wildman–Crippen LogP) is 4.69. The molecule has 2 aromatic rings. The van der Waals surface area contributed by atoms with Crippen LogP contribution in [0.15, 0.2) is 48.5 Å². The normalized spacial score (nSPS) is 21.3. The summed E-state index contributed by atoms with van der Waals surface area (Å²) < 4.78 is 11.0. The number of carbonyl (C=O) groups excluding carboxylic acids is 1. The van der Waals surface area contributed by atoms with Gasteiger partial charge in [-0.2, -0.15) is 0 Å². The zero-order valence-corrected chi connectivity index (χ0v) is 20.7. The first-order chi connectivity index (χ1) is 17.0. The van der Waals surface area contributed by atoms with Crippen LogP contribution in [0, 0.1) is 5.92 Å². The number of hydrogen-bond acceptors (Lipinski definition) is 5. The van der Waals surface area contributed by atoms with Crippen molar-refractivity contribution in [2.45, 2.75) is 51.5 Å². The maximum absolute atomic E-state index is 13.5. The molecule has 0 radical (unpaired) electrons. The first kappa shape index (κ1) is 25.0. The maximum atomic E-state index is 13.5. The van der Waals surface area contributed by atoms with Crippen molar-refractivity contribution in [3.8, 4) is 11.5 Å². The fourth-order valence-electron chi connectivity index (χ4n) is 5.25. The molecule has 0 aliphatic carbocycles. The van der Waals surface area contributed by atoms with Crippen molar-refractivity contribution >= 4 is 11.9 Å². The van der Waals surface area contributed by atoms with E-state index in [1.165, 1.54) is 0 Å². The Kier molecular flexibility index (Phi) is 8.29. The van der Waals surface area contributed by atoms with Crippen LogP contribution in [0.1, 0.15) is 62.6 Å². The standard InChI is InChI=1S/C28H36N2O5/c1-3-5-14-29(15-6-4-2)25(31)18-30-17-22(21-12-13-23-24(16-21)35-19-34-23)26(28(32)33)27(30)20-10-8-7-9-11-20/h7-13,16,22,26-27H,3-6,14-15,17-19H2,1-2H3,(H,32,33)/t22-,26+,27-/m1/s1. The first-order valence-corrected chi connectivity index (χ1v) is 12.7. The topological polar surface area (TPSA) is 79.3 Å². The van der Waals surface area contributed by atoms with Crippen LogP contribution in [-0.2, 0) is 9.59 Å². The van der Waals surface area contributed by atoms with E-state index < -0.39 is 17.9 Å². The second kappa shape index (κ2) is 11.6. The Morgan fingerprint density at radius 1 is 0.971 bits per heavy atom. The molecule has 1 amide bonds. The highest BCUT2D eigenvalue weighted by Crippen LogP contribution is 2.47. The number of carbonyl (C=O) groups is 2. The van der Waals surface area contributed by atoms with Gasteiger partial charge in [0.2, 0.25) is 12.7 Å². The van der Waals surface area contributed by atoms with Crippen LogP contribution < -0.4 is 9.47 Å². The molecule has 4 rings (SSSR count). The van der Waals surface area contributed by atoms with E-state index in [9.17, 15) is 14.7 Å². The molecular weight excluding hydrogens is 444 g/mol.